The normalized spacial score (nSPS) is 11.7. The molecule has 0 aliphatic rings. The number of aliphatic hydroxyl groups is 1. The van der Waals surface area contributed by atoms with E-state index in [1.54, 1.807) is 12.1 Å². The van der Waals surface area contributed by atoms with Crippen LogP contribution in [0.5, 0.6) is 0 Å². The van der Waals surface area contributed by atoms with Crippen molar-refractivity contribution in [3.05, 3.63) is 60.4 Å². The van der Waals surface area contributed by atoms with Crippen molar-refractivity contribution in [2.45, 2.75) is 11.5 Å². The van der Waals surface area contributed by atoms with E-state index in [-0.39, 0.29) is 11.5 Å². The van der Waals surface area contributed by atoms with Gasteiger partial charge >= 0.3 is 0 Å². The largest absolute Gasteiger partial charge is 0.390 e. The third kappa shape index (κ3) is 2.63. The van der Waals surface area contributed by atoms with Crippen LogP contribution in [0, 0.1) is 0 Å². The van der Waals surface area contributed by atoms with Gasteiger partial charge in [-0.15, -0.1) is 0 Å². The average molecular weight is 302 g/mol. The highest BCUT2D eigenvalue weighted by molar-refractivity contribution is 7.92. The highest BCUT2D eigenvalue weighted by atomic mass is 32.2. The van der Waals surface area contributed by atoms with Crippen LogP contribution in [0.2, 0.25) is 0 Å². The molecule has 0 bridgehead atoms. The van der Waals surface area contributed by atoms with Gasteiger partial charge in [-0.3, -0.25) is 4.72 Å². The fraction of sp³-hybridized carbons (Fsp3) is 0.0667. The van der Waals surface area contributed by atoms with E-state index in [1.165, 1.54) is 12.3 Å². The molecular weight excluding hydrogens is 288 g/mol. The van der Waals surface area contributed by atoms with Gasteiger partial charge in [0.25, 0.3) is 10.0 Å². The quantitative estimate of drug-likeness (QED) is 0.692. The van der Waals surface area contributed by atoms with E-state index >= 15 is 0 Å². The predicted molar refractivity (Wildman–Crippen MR) is 81.5 cm³/mol. The molecule has 5 nitrogen and oxygen atoms in total. The molecule has 0 unspecified atom stereocenters. The van der Waals surface area contributed by atoms with Gasteiger partial charge in [-0.05, 0) is 17.5 Å². The number of nitrogens with one attached hydrogen (secondary N) is 2. The number of sulfonamides is 1. The Morgan fingerprint density at radius 3 is 2.62 bits per heavy atom. The number of H-pyrrole nitrogens is 1. The third-order valence-corrected chi connectivity index (χ3v) is 4.58. The molecular formula is C15H14N2O3S. The molecule has 0 saturated heterocycles. The van der Waals surface area contributed by atoms with E-state index in [2.05, 4.69) is 9.71 Å². The molecule has 0 amide bonds. The highest BCUT2D eigenvalue weighted by Crippen LogP contribution is 2.25. The van der Waals surface area contributed by atoms with Gasteiger partial charge < -0.3 is 10.1 Å². The van der Waals surface area contributed by atoms with Crippen molar-refractivity contribution in [1.29, 1.82) is 0 Å². The Morgan fingerprint density at radius 2 is 1.86 bits per heavy atom. The third-order valence-electron chi connectivity index (χ3n) is 3.23. The number of benzene rings is 2. The predicted octanol–water partition coefficient (Wildman–Crippen LogP) is 2.46. The van der Waals surface area contributed by atoms with E-state index in [4.69, 9.17) is 5.11 Å². The Balaban J connectivity index is 2.01. The van der Waals surface area contributed by atoms with E-state index in [0.29, 0.717) is 11.4 Å². The number of anilines is 1. The highest BCUT2D eigenvalue weighted by Gasteiger charge is 2.17. The van der Waals surface area contributed by atoms with Gasteiger partial charge in [0.1, 0.15) is 4.90 Å². The molecule has 6 heteroatoms. The number of aliphatic hydroxyl groups excluding tert-OH is 1. The van der Waals surface area contributed by atoms with E-state index < -0.39 is 10.0 Å². The van der Waals surface area contributed by atoms with Crippen LogP contribution in [-0.2, 0) is 16.6 Å². The summed E-state index contributed by atoms with van der Waals surface area (Å²) in [5.41, 5.74) is 0.980. The topological polar surface area (TPSA) is 82.2 Å². The minimum Gasteiger partial charge on any atom is -0.390 e. The molecule has 0 aliphatic heterocycles. The van der Waals surface area contributed by atoms with Gasteiger partial charge in [0.05, 0.1) is 12.3 Å². The Kier molecular flexibility index (Phi) is 3.40. The second kappa shape index (κ2) is 5.23. The van der Waals surface area contributed by atoms with Crippen LogP contribution in [0.3, 0.4) is 0 Å². The smallest absolute Gasteiger partial charge is 0.263 e. The van der Waals surface area contributed by atoms with Gasteiger partial charge in [0.2, 0.25) is 0 Å². The second-order valence-corrected chi connectivity index (χ2v) is 6.33. The summed E-state index contributed by atoms with van der Waals surface area (Å²) in [5.74, 6) is 0. The van der Waals surface area contributed by atoms with Crippen molar-refractivity contribution in [3.8, 4) is 0 Å². The summed E-state index contributed by atoms with van der Waals surface area (Å²) >= 11 is 0. The Hall–Kier alpha value is -2.31. The summed E-state index contributed by atoms with van der Waals surface area (Å²) in [6.45, 7) is -0.232. The molecule has 108 valence electrons. The first-order valence-electron chi connectivity index (χ1n) is 6.39. The van der Waals surface area contributed by atoms with Crippen molar-refractivity contribution >= 4 is 26.5 Å². The first-order chi connectivity index (χ1) is 10.1. The molecule has 3 aromatic rings. The summed E-state index contributed by atoms with van der Waals surface area (Å²) in [7, 11) is -3.69. The Morgan fingerprint density at radius 1 is 1.10 bits per heavy atom. The zero-order chi connectivity index (χ0) is 14.9. The van der Waals surface area contributed by atoms with Crippen LogP contribution in [-0.4, -0.2) is 18.5 Å². The number of aromatic amines is 1. The molecule has 0 aliphatic carbocycles. The van der Waals surface area contributed by atoms with Crippen LogP contribution in [0.1, 0.15) is 5.69 Å². The average Bonchev–Trinajstić information content (AvgIpc) is 2.97. The number of aromatic nitrogens is 1. The molecule has 0 fully saturated rings. The van der Waals surface area contributed by atoms with Crippen molar-refractivity contribution in [2.24, 2.45) is 0 Å². The van der Waals surface area contributed by atoms with E-state index in [9.17, 15) is 8.42 Å². The lowest BCUT2D eigenvalue weighted by Crippen LogP contribution is -2.12. The van der Waals surface area contributed by atoms with Gasteiger partial charge in [-0.1, -0.05) is 36.4 Å². The zero-order valence-electron chi connectivity index (χ0n) is 11.1. The monoisotopic (exact) mass is 302 g/mol. The number of hydrogen-bond acceptors (Lipinski definition) is 3. The summed E-state index contributed by atoms with van der Waals surface area (Å²) in [4.78, 5) is 2.81. The number of fused-ring (bicyclic) bond motifs is 1. The molecule has 1 aromatic heterocycles. The van der Waals surface area contributed by atoms with Crippen molar-refractivity contribution in [2.75, 3.05) is 4.72 Å². The summed E-state index contributed by atoms with van der Waals surface area (Å²) in [5, 5.41) is 10.8. The maximum atomic E-state index is 12.4. The minimum atomic E-state index is -3.69. The van der Waals surface area contributed by atoms with Crippen molar-refractivity contribution in [1.82, 2.24) is 4.98 Å². The molecule has 0 atom stereocenters. The lowest BCUT2D eigenvalue weighted by molar-refractivity contribution is 0.277. The standard InChI is InChI=1S/C15H14N2O3S/c18-10-12-8-13(9-16-12)21(19,20)17-15-7-3-5-11-4-1-2-6-14(11)15/h1-9,16-18H,10H2. The molecule has 0 spiro atoms. The van der Waals surface area contributed by atoms with Gasteiger partial charge in [0.15, 0.2) is 0 Å². The zero-order valence-corrected chi connectivity index (χ0v) is 11.9. The van der Waals surface area contributed by atoms with Crippen LogP contribution in [0.4, 0.5) is 5.69 Å². The maximum Gasteiger partial charge on any atom is 0.263 e. The fourth-order valence-electron chi connectivity index (χ4n) is 2.18. The molecule has 0 radical (unpaired) electrons. The molecule has 3 N–H and O–H groups in total. The molecule has 0 saturated carbocycles. The molecule has 3 rings (SSSR count). The van der Waals surface area contributed by atoms with E-state index in [1.807, 2.05) is 30.3 Å². The number of rotatable bonds is 4. The summed E-state index contributed by atoms with van der Waals surface area (Å²) in [6.07, 6.45) is 1.36. The van der Waals surface area contributed by atoms with Gasteiger partial charge in [-0.25, -0.2) is 8.42 Å². The van der Waals surface area contributed by atoms with Gasteiger partial charge in [-0.2, -0.15) is 0 Å². The fourth-order valence-corrected chi connectivity index (χ4v) is 3.28. The van der Waals surface area contributed by atoms with Crippen molar-refractivity contribution in [3.63, 3.8) is 0 Å². The van der Waals surface area contributed by atoms with Crippen LogP contribution in [0.15, 0.2) is 59.6 Å². The Labute approximate surface area is 122 Å². The van der Waals surface area contributed by atoms with Crippen molar-refractivity contribution < 1.29 is 13.5 Å². The Bertz CT molecular complexity index is 879. The molecule has 1 heterocycles. The SMILES string of the molecule is O=S(=O)(Nc1cccc2ccccc12)c1c[nH]c(CO)c1. The maximum absolute atomic E-state index is 12.4. The summed E-state index contributed by atoms with van der Waals surface area (Å²) in [6, 6.07) is 14.4. The van der Waals surface area contributed by atoms with Crippen LogP contribution >= 0.6 is 0 Å². The summed E-state index contributed by atoms with van der Waals surface area (Å²) < 4.78 is 27.3. The first kappa shape index (κ1) is 13.7. The van der Waals surface area contributed by atoms with Crippen LogP contribution in [0.25, 0.3) is 10.8 Å². The van der Waals surface area contributed by atoms with Gasteiger partial charge in [0, 0.05) is 17.3 Å². The lowest BCUT2D eigenvalue weighted by atomic mass is 10.1. The minimum absolute atomic E-state index is 0.0967. The second-order valence-electron chi connectivity index (χ2n) is 4.65. The molecule has 21 heavy (non-hydrogen) atoms. The van der Waals surface area contributed by atoms with Crippen LogP contribution < -0.4 is 4.72 Å². The lowest BCUT2D eigenvalue weighted by Gasteiger charge is -2.09. The number of hydrogen-bond donors (Lipinski definition) is 3. The molecule has 2 aromatic carbocycles. The van der Waals surface area contributed by atoms with E-state index in [0.717, 1.165) is 10.8 Å². The first-order valence-corrected chi connectivity index (χ1v) is 7.87.